The Morgan fingerprint density at radius 2 is 2.15 bits per heavy atom. The van der Waals surface area contributed by atoms with Gasteiger partial charge in [0.1, 0.15) is 5.82 Å². The number of benzene rings is 1. The van der Waals surface area contributed by atoms with Crippen molar-refractivity contribution in [2.45, 2.75) is 6.04 Å². The normalized spacial score (nSPS) is 12.5. The molecule has 0 aliphatic carbocycles. The van der Waals surface area contributed by atoms with Crippen LogP contribution in [0.1, 0.15) is 0 Å². The molecule has 0 spiro atoms. The Hall–Kier alpha value is -1.13. The highest BCUT2D eigenvalue weighted by Gasteiger charge is 2.06. The van der Waals surface area contributed by atoms with Crippen LogP contribution < -0.4 is 11.1 Å². The number of hydrogen-bond donors (Lipinski definition) is 3. The third-order valence-electron chi connectivity index (χ3n) is 1.74. The number of aliphatic hydroxyl groups is 1. The van der Waals surface area contributed by atoms with Crippen molar-refractivity contribution in [3.05, 3.63) is 30.1 Å². The van der Waals surface area contributed by atoms with Crippen LogP contribution in [-0.2, 0) is 0 Å². The number of halogens is 1. The average Bonchev–Trinajstić information content (AvgIpc) is 2.17. The molecular formula is C9H13FN2O. The first kappa shape index (κ1) is 9.95. The SMILES string of the molecule is NCC(CO)Nc1ccccc1F. The molecule has 13 heavy (non-hydrogen) atoms. The van der Waals surface area contributed by atoms with Gasteiger partial charge in [0, 0.05) is 6.54 Å². The maximum atomic E-state index is 13.0. The van der Waals surface area contributed by atoms with E-state index < -0.39 is 0 Å². The number of rotatable bonds is 4. The summed E-state index contributed by atoms with van der Waals surface area (Å²) >= 11 is 0. The lowest BCUT2D eigenvalue weighted by atomic mass is 10.2. The molecule has 4 N–H and O–H groups in total. The van der Waals surface area contributed by atoms with Gasteiger partial charge in [-0.25, -0.2) is 4.39 Å². The van der Waals surface area contributed by atoms with Crippen molar-refractivity contribution < 1.29 is 9.50 Å². The van der Waals surface area contributed by atoms with Gasteiger partial charge < -0.3 is 16.2 Å². The summed E-state index contributed by atoms with van der Waals surface area (Å²) in [6.45, 7) is 0.162. The fourth-order valence-electron chi connectivity index (χ4n) is 0.977. The van der Waals surface area contributed by atoms with Crippen LogP contribution in [-0.4, -0.2) is 24.3 Å². The second-order valence-corrected chi connectivity index (χ2v) is 2.74. The Balaban J connectivity index is 2.67. The molecule has 4 heteroatoms. The second kappa shape index (κ2) is 4.79. The van der Waals surface area contributed by atoms with Crippen molar-refractivity contribution in [2.75, 3.05) is 18.5 Å². The van der Waals surface area contributed by atoms with E-state index in [1.54, 1.807) is 18.2 Å². The summed E-state index contributed by atoms with van der Waals surface area (Å²) in [5.74, 6) is -0.339. The highest BCUT2D eigenvalue weighted by atomic mass is 19.1. The Morgan fingerprint density at radius 3 is 2.69 bits per heavy atom. The van der Waals surface area contributed by atoms with Gasteiger partial charge in [0.2, 0.25) is 0 Å². The Bertz CT molecular complexity index is 264. The van der Waals surface area contributed by atoms with Gasteiger partial charge >= 0.3 is 0 Å². The van der Waals surface area contributed by atoms with Gasteiger partial charge in [-0.05, 0) is 12.1 Å². The highest BCUT2D eigenvalue weighted by molar-refractivity contribution is 5.45. The third kappa shape index (κ3) is 2.68. The van der Waals surface area contributed by atoms with Crippen molar-refractivity contribution in [1.29, 1.82) is 0 Å². The summed E-state index contributed by atoms with van der Waals surface area (Å²) < 4.78 is 13.0. The summed E-state index contributed by atoms with van der Waals surface area (Å²) in [6, 6.07) is 5.99. The molecule has 1 atom stereocenters. The zero-order valence-corrected chi connectivity index (χ0v) is 7.20. The average molecular weight is 184 g/mol. The van der Waals surface area contributed by atoms with E-state index in [9.17, 15) is 4.39 Å². The smallest absolute Gasteiger partial charge is 0.146 e. The molecule has 0 heterocycles. The van der Waals surface area contributed by atoms with Crippen molar-refractivity contribution in [1.82, 2.24) is 0 Å². The quantitative estimate of drug-likeness (QED) is 0.640. The van der Waals surface area contributed by atoms with E-state index in [0.717, 1.165) is 0 Å². The highest BCUT2D eigenvalue weighted by Crippen LogP contribution is 2.12. The number of nitrogens with two attached hydrogens (primary N) is 1. The van der Waals surface area contributed by atoms with Crippen LogP contribution in [0.3, 0.4) is 0 Å². The maximum Gasteiger partial charge on any atom is 0.146 e. The molecule has 0 saturated carbocycles. The lowest BCUT2D eigenvalue weighted by molar-refractivity contribution is 0.276. The minimum atomic E-state index is -0.339. The van der Waals surface area contributed by atoms with Gasteiger partial charge in [0.15, 0.2) is 0 Å². The second-order valence-electron chi connectivity index (χ2n) is 2.74. The first-order chi connectivity index (χ1) is 6.27. The van der Waals surface area contributed by atoms with Crippen molar-refractivity contribution in [2.24, 2.45) is 5.73 Å². The van der Waals surface area contributed by atoms with E-state index in [-0.39, 0.29) is 25.0 Å². The first-order valence-corrected chi connectivity index (χ1v) is 4.10. The third-order valence-corrected chi connectivity index (χ3v) is 1.74. The molecule has 0 aromatic heterocycles. The van der Waals surface area contributed by atoms with Gasteiger partial charge in [-0.15, -0.1) is 0 Å². The molecule has 1 aromatic carbocycles. The molecule has 0 amide bonds. The van der Waals surface area contributed by atoms with Crippen molar-refractivity contribution in [3.8, 4) is 0 Å². The van der Waals surface area contributed by atoms with Crippen molar-refractivity contribution in [3.63, 3.8) is 0 Å². The van der Waals surface area contributed by atoms with E-state index in [0.29, 0.717) is 5.69 Å². The molecule has 0 radical (unpaired) electrons. The fraction of sp³-hybridized carbons (Fsp3) is 0.333. The lowest BCUT2D eigenvalue weighted by Gasteiger charge is -2.15. The van der Waals surface area contributed by atoms with Gasteiger partial charge in [-0.3, -0.25) is 0 Å². The maximum absolute atomic E-state index is 13.0. The van der Waals surface area contributed by atoms with Crippen LogP contribution in [0.25, 0.3) is 0 Å². The van der Waals surface area contributed by atoms with Crippen LogP contribution in [0.2, 0.25) is 0 Å². The molecule has 1 aromatic rings. The molecule has 0 fully saturated rings. The van der Waals surface area contributed by atoms with Crippen LogP contribution in [0.4, 0.5) is 10.1 Å². The van der Waals surface area contributed by atoms with Crippen molar-refractivity contribution >= 4 is 5.69 Å². The molecule has 0 aliphatic heterocycles. The Kier molecular flexibility index (Phi) is 3.67. The van der Waals surface area contributed by atoms with Crippen LogP contribution >= 0.6 is 0 Å². The minimum Gasteiger partial charge on any atom is -0.394 e. The van der Waals surface area contributed by atoms with E-state index in [4.69, 9.17) is 10.8 Å². The molecule has 1 rings (SSSR count). The number of aliphatic hydroxyl groups excluding tert-OH is 1. The molecule has 1 unspecified atom stereocenters. The van der Waals surface area contributed by atoms with Crippen LogP contribution in [0, 0.1) is 5.82 Å². The number of anilines is 1. The molecule has 0 bridgehead atoms. The molecule has 72 valence electrons. The molecule has 3 nitrogen and oxygen atoms in total. The summed E-state index contributed by atoms with van der Waals surface area (Å²) in [4.78, 5) is 0. The summed E-state index contributed by atoms with van der Waals surface area (Å²) in [6.07, 6.45) is 0. The Labute approximate surface area is 76.4 Å². The molecule has 0 saturated heterocycles. The van der Waals surface area contributed by atoms with E-state index >= 15 is 0 Å². The monoisotopic (exact) mass is 184 g/mol. The van der Waals surface area contributed by atoms with Crippen LogP contribution in [0.15, 0.2) is 24.3 Å². The van der Waals surface area contributed by atoms with E-state index in [1.165, 1.54) is 6.07 Å². The summed E-state index contributed by atoms with van der Waals surface area (Å²) in [7, 11) is 0. The zero-order valence-electron chi connectivity index (χ0n) is 7.20. The van der Waals surface area contributed by atoms with Crippen LogP contribution in [0.5, 0.6) is 0 Å². The topological polar surface area (TPSA) is 58.3 Å². The number of hydrogen-bond acceptors (Lipinski definition) is 3. The standard InChI is InChI=1S/C9H13FN2O/c10-8-3-1-2-4-9(8)12-7(5-11)6-13/h1-4,7,12-13H,5-6,11H2. The largest absolute Gasteiger partial charge is 0.394 e. The van der Waals surface area contributed by atoms with Gasteiger partial charge in [0.05, 0.1) is 18.3 Å². The van der Waals surface area contributed by atoms with Gasteiger partial charge in [-0.2, -0.15) is 0 Å². The van der Waals surface area contributed by atoms with Gasteiger partial charge in [-0.1, -0.05) is 12.1 Å². The van der Waals surface area contributed by atoms with E-state index in [2.05, 4.69) is 5.32 Å². The lowest BCUT2D eigenvalue weighted by Crippen LogP contribution is -2.32. The molecular weight excluding hydrogens is 171 g/mol. The summed E-state index contributed by atoms with van der Waals surface area (Å²) in [5.41, 5.74) is 5.70. The predicted molar refractivity (Wildman–Crippen MR) is 50.0 cm³/mol. The number of para-hydroxylation sites is 1. The Morgan fingerprint density at radius 1 is 1.46 bits per heavy atom. The van der Waals surface area contributed by atoms with E-state index in [1.807, 2.05) is 0 Å². The predicted octanol–water partition coefficient (Wildman–Crippen LogP) is 0.557. The minimum absolute atomic E-state index is 0.106. The first-order valence-electron chi connectivity index (χ1n) is 4.10. The summed E-state index contributed by atoms with van der Waals surface area (Å²) in [5, 5.41) is 11.6. The molecule has 0 aliphatic rings. The zero-order chi connectivity index (χ0) is 9.68. The fourth-order valence-corrected chi connectivity index (χ4v) is 0.977. The van der Waals surface area contributed by atoms with Gasteiger partial charge in [0.25, 0.3) is 0 Å². The number of nitrogens with one attached hydrogen (secondary N) is 1.